The Morgan fingerprint density at radius 1 is 1.26 bits per heavy atom. The summed E-state index contributed by atoms with van der Waals surface area (Å²) >= 11 is 0. The second-order valence-electron chi connectivity index (χ2n) is 6.98. The maximum atomic E-state index is 10.3. The Labute approximate surface area is 160 Å². The van der Waals surface area contributed by atoms with E-state index in [0.29, 0.717) is 19.6 Å². The van der Waals surface area contributed by atoms with Crippen LogP contribution in [-0.4, -0.2) is 54.6 Å². The van der Waals surface area contributed by atoms with Crippen LogP contribution >= 0.6 is 0 Å². The van der Waals surface area contributed by atoms with E-state index in [4.69, 9.17) is 14.0 Å². The first-order valence-corrected chi connectivity index (χ1v) is 9.47. The molecule has 0 amide bonds. The monoisotopic (exact) mass is 375 g/mol. The minimum absolute atomic E-state index is 0.262. The fourth-order valence-electron chi connectivity index (χ4n) is 3.26. The fourth-order valence-corrected chi connectivity index (χ4v) is 3.26. The maximum absolute atomic E-state index is 10.3. The van der Waals surface area contributed by atoms with Crippen molar-refractivity contribution in [3.8, 4) is 11.5 Å². The van der Waals surface area contributed by atoms with Crippen LogP contribution in [0.4, 0.5) is 0 Å². The molecule has 1 aromatic heterocycles. The van der Waals surface area contributed by atoms with Crippen LogP contribution in [0, 0.1) is 6.92 Å². The smallest absolute Gasteiger partial charge is 0.150 e. The predicted molar refractivity (Wildman–Crippen MR) is 102 cm³/mol. The number of nitrogens with zero attached hydrogens (tertiary/aromatic N) is 2. The van der Waals surface area contributed by atoms with Gasteiger partial charge in [-0.1, -0.05) is 11.2 Å². The van der Waals surface area contributed by atoms with Gasteiger partial charge in [0.05, 0.1) is 19.3 Å². The molecule has 0 radical (unpaired) electrons. The van der Waals surface area contributed by atoms with E-state index in [0.717, 1.165) is 41.6 Å². The number of aryl methyl sites for hydroxylation is 1. The number of rotatable bonds is 10. The van der Waals surface area contributed by atoms with Crippen molar-refractivity contribution in [2.75, 3.05) is 33.4 Å². The number of benzene rings is 1. The number of aromatic nitrogens is 1. The number of methoxy groups -OCH3 is 1. The van der Waals surface area contributed by atoms with Crippen molar-refractivity contribution in [1.29, 1.82) is 0 Å². The minimum atomic E-state index is -0.507. The lowest BCUT2D eigenvalue weighted by atomic mass is 10.2. The number of hydrogen-bond acceptors (Lipinski definition) is 7. The lowest BCUT2D eigenvalue weighted by molar-refractivity contribution is 0.0753. The van der Waals surface area contributed by atoms with Gasteiger partial charge in [0.1, 0.15) is 24.2 Å². The molecule has 1 aromatic carbocycles. The van der Waals surface area contributed by atoms with Gasteiger partial charge in [0.15, 0.2) is 5.76 Å². The molecule has 1 aliphatic heterocycles. The summed E-state index contributed by atoms with van der Waals surface area (Å²) < 4.78 is 16.4. The molecule has 1 saturated heterocycles. The molecular formula is C20H29N3O4. The van der Waals surface area contributed by atoms with Crippen molar-refractivity contribution < 1.29 is 19.1 Å². The Bertz CT molecular complexity index is 713. The average Bonchev–Trinajstić information content (AvgIpc) is 3.32. The first kappa shape index (κ1) is 19.7. The number of nitrogens with one attached hydrogen (secondary N) is 1. The van der Waals surface area contributed by atoms with Crippen LogP contribution in [0.1, 0.15) is 29.9 Å². The summed E-state index contributed by atoms with van der Waals surface area (Å²) in [5.41, 5.74) is 1.87. The molecule has 1 atom stereocenters. The van der Waals surface area contributed by atoms with Gasteiger partial charge in [-0.25, -0.2) is 0 Å². The number of aliphatic hydroxyl groups excluding tert-OH is 1. The standard InChI is InChI=1S/C20H29N3O4/c1-15-9-19(27-22-15)12-21-11-16-5-6-18(25-2)10-20(16)26-14-17(24)13-23-7-3-4-8-23/h5-6,9-10,17,21,24H,3-4,7-8,11-14H2,1-2H3. The van der Waals surface area contributed by atoms with Crippen LogP contribution in [-0.2, 0) is 13.1 Å². The van der Waals surface area contributed by atoms with Gasteiger partial charge in [0.2, 0.25) is 0 Å². The Balaban J connectivity index is 1.54. The van der Waals surface area contributed by atoms with Crippen LogP contribution in [0.15, 0.2) is 28.8 Å². The highest BCUT2D eigenvalue weighted by Crippen LogP contribution is 2.25. The van der Waals surface area contributed by atoms with E-state index in [9.17, 15) is 5.11 Å². The van der Waals surface area contributed by atoms with Crippen LogP contribution in [0.5, 0.6) is 11.5 Å². The third-order valence-corrected chi connectivity index (χ3v) is 4.66. The molecule has 1 unspecified atom stereocenters. The summed E-state index contributed by atoms with van der Waals surface area (Å²) in [5, 5.41) is 17.5. The zero-order valence-corrected chi connectivity index (χ0v) is 16.1. The highest BCUT2D eigenvalue weighted by atomic mass is 16.5. The fraction of sp³-hybridized carbons (Fsp3) is 0.550. The number of aliphatic hydroxyl groups is 1. The highest BCUT2D eigenvalue weighted by Gasteiger charge is 2.17. The molecule has 27 heavy (non-hydrogen) atoms. The summed E-state index contributed by atoms with van der Waals surface area (Å²) in [6.45, 7) is 6.14. The van der Waals surface area contributed by atoms with Gasteiger partial charge in [-0.15, -0.1) is 0 Å². The molecule has 148 valence electrons. The first-order chi connectivity index (χ1) is 13.1. The Morgan fingerprint density at radius 3 is 2.78 bits per heavy atom. The van der Waals surface area contributed by atoms with Gasteiger partial charge < -0.3 is 29.3 Å². The molecule has 0 saturated carbocycles. The van der Waals surface area contributed by atoms with Crippen molar-refractivity contribution >= 4 is 0 Å². The van der Waals surface area contributed by atoms with E-state index in [-0.39, 0.29) is 6.61 Å². The van der Waals surface area contributed by atoms with Gasteiger partial charge in [0.25, 0.3) is 0 Å². The third kappa shape index (κ3) is 5.95. The molecular weight excluding hydrogens is 346 g/mol. The van der Waals surface area contributed by atoms with E-state index in [1.807, 2.05) is 31.2 Å². The van der Waals surface area contributed by atoms with E-state index in [1.165, 1.54) is 12.8 Å². The van der Waals surface area contributed by atoms with Crippen LogP contribution in [0.2, 0.25) is 0 Å². The maximum Gasteiger partial charge on any atom is 0.150 e. The molecule has 0 spiro atoms. The highest BCUT2D eigenvalue weighted by molar-refractivity contribution is 5.40. The van der Waals surface area contributed by atoms with Gasteiger partial charge in [-0.2, -0.15) is 0 Å². The number of ether oxygens (including phenoxy) is 2. The lowest BCUT2D eigenvalue weighted by Gasteiger charge is -2.20. The zero-order chi connectivity index (χ0) is 19.1. The molecule has 1 fully saturated rings. The Hall–Kier alpha value is -2.09. The number of β-amino-alcohol motifs (C(OH)–C–C–N with tert-alkyl or cyclic N) is 1. The SMILES string of the molecule is COc1ccc(CNCc2cc(C)no2)c(OCC(O)CN2CCCC2)c1. The van der Waals surface area contributed by atoms with Crippen molar-refractivity contribution in [3.63, 3.8) is 0 Å². The number of likely N-dealkylation sites (tertiary alicyclic amines) is 1. The molecule has 2 aromatic rings. The summed E-state index contributed by atoms with van der Waals surface area (Å²) in [4.78, 5) is 2.28. The van der Waals surface area contributed by atoms with Gasteiger partial charge in [-0.05, 0) is 38.9 Å². The summed E-state index contributed by atoms with van der Waals surface area (Å²) in [5.74, 6) is 2.24. The average molecular weight is 375 g/mol. The third-order valence-electron chi connectivity index (χ3n) is 4.66. The van der Waals surface area contributed by atoms with Crippen molar-refractivity contribution in [1.82, 2.24) is 15.4 Å². The Kier molecular flexibility index (Phi) is 7.09. The van der Waals surface area contributed by atoms with Crippen molar-refractivity contribution in [2.24, 2.45) is 0 Å². The largest absolute Gasteiger partial charge is 0.497 e. The van der Waals surface area contributed by atoms with Crippen molar-refractivity contribution in [2.45, 2.75) is 39.0 Å². The molecule has 2 N–H and O–H groups in total. The van der Waals surface area contributed by atoms with Crippen molar-refractivity contribution in [3.05, 3.63) is 41.3 Å². The molecule has 0 bridgehead atoms. The molecule has 3 rings (SSSR count). The molecule has 7 heteroatoms. The second-order valence-corrected chi connectivity index (χ2v) is 6.98. The van der Waals surface area contributed by atoms with Gasteiger partial charge in [-0.3, -0.25) is 0 Å². The molecule has 7 nitrogen and oxygen atoms in total. The van der Waals surface area contributed by atoms with Gasteiger partial charge >= 0.3 is 0 Å². The van der Waals surface area contributed by atoms with Gasteiger partial charge in [0, 0.05) is 30.8 Å². The molecule has 0 aliphatic carbocycles. The molecule has 1 aliphatic rings. The zero-order valence-electron chi connectivity index (χ0n) is 16.1. The van der Waals surface area contributed by atoms with E-state index < -0.39 is 6.10 Å². The second kappa shape index (κ2) is 9.73. The topological polar surface area (TPSA) is 80.0 Å². The minimum Gasteiger partial charge on any atom is -0.497 e. The predicted octanol–water partition coefficient (Wildman–Crippen LogP) is 2.12. The summed E-state index contributed by atoms with van der Waals surface area (Å²) in [7, 11) is 1.63. The Morgan fingerprint density at radius 2 is 2.07 bits per heavy atom. The van der Waals surface area contributed by atoms with E-state index in [1.54, 1.807) is 7.11 Å². The van der Waals surface area contributed by atoms with Crippen LogP contribution in [0.25, 0.3) is 0 Å². The lowest BCUT2D eigenvalue weighted by Crippen LogP contribution is -2.33. The summed E-state index contributed by atoms with van der Waals surface area (Å²) in [6, 6.07) is 7.65. The van der Waals surface area contributed by atoms with Crippen LogP contribution < -0.4 is 14.8 Å². The first-order valence-electron chi connectivity index (χ1n) is 9.47. The summed E-state index contributed by atoms with van der Waals surface area (Å²) in [6.07, 6.45) is 1.92. The van der Waals surface area contributed by atoms with E-state index >= 15 is 0 Å². The number of hydrogen-bond donors (Lipinski definition) is 2. The van der Waals surface area contributed by atoms with Crippen LogP contribution in [0.3, 0.4) is 0 Å². The van der Waals surface area contributed by atoms with E-state index in [2.05, 4.69) is 15.4 Å². The quantitative estimate of drug-likeness (QED) is 0.658. The molecule has 2 heterocycles. The normalized spacial score (nSPS) is 15.8.